The quantitative estimate of drug-likeness (QED) is 0.795. The number of halogens is 1. The number of nitrogens with one attached hydrogen (secondary N) is 1. The highest BCUT2D eigenvalue weighted by Crippen LogP contribution is 2.21. The van der Waals surface area contributed by atoms with E-state index in [-0.39, 0.29) is 12.2 Å². The molecule has 2 saturated heterocycles. The lowest BCUT2D eigenvalue weighted by Gasteiger charge is -2.42. The molecule has 0 amide bonds. The zero-order chi connectivity index (χ0) is 19.5. The van der Waals surface area contributed by atoms with Crippen LogP contribution in [0.4, 0.5) is 0 Å². The number of rotatable bonds is 5. The fraction of sp³-hybridized carbons (Fsp3) is 0.571. The minimum Gasteiger partial charge on any atom is -0.395 e. The molecule has 0 radical (unpaired) electrons. The van der Waals surface area contributed by atoms with Gasteiger partial charge in [0.05, 0.1) is 6.61 Å². The van der Waals surface area contributed by atoms with Crippen molar-refractivity contribution < 1.29 is 5.11 Å². The van der Waals surface area contributed by atoms with Gasteiger partial charge in [-0.3, -0.25) is 19.5 Å². The summed E-state index contributed by atoms with van der Waals surface area (Å²) in [5, 5.41) is 10.7. The van der Waals surface area contributed by atoms with Gasteiger partial charge in [0.2, 0.25) is 0 Å². The maximum atomic E-state index is 12.5. The van der Waals surface area contributed by atoms with Crippen molar-refractivity contribution in [3.05, 3.63) is 45.2 Å². The Bertz CT molecular complexity index is 855. The molecule has 3 heterocycles. The third-order valence-electron chi connectivity index (χ3n) is 6.18. The van der Waals surface area contributed by atoms with Crippen LogP contribution in [-0.2, 0) is 6.54 Å². The van der Waals surface area contributed by atoms with Gasteiger partial charge in [-0.2, -0.15) is 0 Å². The molecule has 0 bridgehead atoms. The Labute approximate surface area is 170 Å². The van der Waals surface area contributed by atoms with E-state index in [1.807, 2.05) is 18.2 Å². The minimum atomic E-state index is -0.0168. The SMILES string of the molecule is O=c1[nH]c2cc(Cl)ccc2cc1CN1CCC(N2CCN(CCO)CC2)CC1. The summed E-state index contributed by atoms with van der Waals surface area (Å²) in [6, 6.07) is 8.26. The van der Waals surface area contributed by atoms with Crippen LogP contribution in [0.3, 0.4) is 0 Å². The second kappa shape index (κ2) is 8.93. The highest BCUT2D eigenvalue weighted by molar-refractivity contribution is 6.31. The van der Waals surface area contributed by atoms with Crippen LogP contribution in [0.5, 0.6) is 0 Å². The first kappa shape index (κ1) is 19.9. The largest absolute Gasteiger partial charge is 0.395 e. The second-order valence-electron chi connectivity index (χ2n) is 7.96. The lowest BCUT2D eigenvalue weighted by atomic mass is 10.0. The summed E-state index contributed by atoms with van der Waals surface area (Å²) in [5.74, 6) is 0. The number of H-pyrrole nitrogens is 1. The van der Waals surface area contributed by atoms with Crippen molar-refractivity contribution in [3.8, 4) is 0 Å². The van der Waals surface area contributed by atoms with Gasteiger partial charge in [-0.05, 0) is 49.5 Å². The summed E-state index contributed by atoms with van der Waals surface area (Å²) in [7, 11) is 0. The van der Waals surface area contributed by atoms with Gasteiger partial charge in [0.15, 0.2) is 0 Å². The fourth-order valence-electron chi connectivity index (χ4n) is 4.51. The molecule has 2 aromatic rings. The minimum absolute atomic E-state index is 0.0168. The van der Waals surface area contributed by atoms with Crippen LogP contribution < -0.4 is 5.56 Å². The number of aromatic amines is 1. The van der Waals surface area contributed by atoms with Gasteiger partial charge in [0.25, 0.3) is 5.56 Å². The number of piperidine rings is 1. The predicted molar refractivity (Wildman–Crippen MR) is 113 cm³/mol. The Morgan fingerprint density at radius 2 is 1.79 bits per heavy atom. The number of fused-ring (bicyclic) bond motifs is 1. The normalized spacial score (nSPS) is 20.8. The predicted octanol–water partition coefficient (Wildman–Crippen LogP) is 1.76. The molecule has 0 aliphatic carbocycles. The number of nitrogens with zero attached hydrogens (tertiary/aromatic N) is 3. The smallest absolute Gasteiger partial charge is 0.252 e. The van der Waals surface area contributed by atoms with E-state index >= 15 is 0 Å². The van der Waals surface area contributed by atoms with Crippen LogP contribution in [0.2, 0.25) is 5.02 Å². The number of aliphatic hydroxyl groups excluding tert-OH is 1. The van der Waals surface area contributed by atoms with Gasteiger partial charge in [-0.15, -0.1) is 0 Å². The summed E-state index contributed by atoms with van der Waals surface area (Å²) in [5.41, 5.74) is 1.60. The summed E-state index contributed by atoms with van der Waals surface area (Å²) in [4.78, 5) is 22.8. The molecule has 2 aliphatic rings. The molecule has 1 aromatic heterocycles. The first-order chi connectivity index (χ1) is 13.6. The van der Waals surface area contributed by atoms with E-state index in [1.54, 1.807) is 6.07 Å². The third-order valence-corrected chi connectivity index (χ3v) is 6.41. The molecule has 1 aromatic carbocycles. The van der Waals surface area contributed by atoms with Crippen molar-refractivity contribution >= 4 is 22.5 Å². The second-order valence-corrected chi connectivity index (χ2v) is 8.40. The Morgan fingerprint density at radius 3 is 2.50 bits per heavy atom. The summed E-state index contributed by atoms with van der Waals surface area (Å²) in [6.07, 6.45) is 2.31. The molecule has 6 nitrogen and oxygen atoms in total. The van der Waals surface area contributed by atoms with Crippen molar-refractivity contribution in [2.45, 2.75) is 25.4 Å². The van der Waals surface area contributed by atoms with Crippen LogP contribution >= 0.6 is 11.6 Å². The maximum Gasteiger partial charge on any atom is 0.252 e. The molecule has 0 spiro atoms. The van der Waals surface area contributed by atoms with Crippen LogP contribution in [0.25, 0.3) is 10.9 Å². The number of β-amino-alcohol motifs (C(OH)–C–C–N with tert-alkyl or cyclic N) is 1. The highest BCUT2D eigenvalue weighted by Gasteiger charge is 2.27. The van der Waals surface area contributed by atoms with E-state index in [0.717, 1.165) is 75.1 Å². The molecule has 2 aliphatic heterocycles. The number of aliphatic hydroxyl groups is 1. The van der Waals surface area contributed by atoms with Crippen LogP contribution in [0.1, 0.15) is 18.4 Å². The van der Waals surface area contributed by atoms with Crippen molar-refractivity contribution in [1.29, 1.82) is 0 Å². The van der Waals surface area contributed by atoms with Gasteiger partial charge in [-0.25, -0.2) is 0 Å². The molecule has 0 saturated carbocycles. The topological polar surface area (TPSA) is 62.8 Å². The average Bonchev–Trinajstić information content (AvgIpc) is 2.70. The third kappa shape index (κ3) is 4.58. The molecule has 2 fully saturated rings. The highest BCUT2D eigenvalue weighted by atomic mass is 35.5. The van der Waals surface area contributed by atoms with Gasteiger partial charge in [0.1, 0.15) is 0 Å². The number of pyridine rings is 1. The molecule has 152 valence electrons. The Kier molecular flexibility index (Phi) is 6.33. The molecule has 7 heteroatoms. The first-order valence-corrected chi connectivity index (χ1v) is 10.6. The zero-order valence-corrected chi connectivity index (χ0v) is 17.0. The summed E-state index contributed by atoms with van der Waals surface area (Å²) >= 11 is 6.02. The van der Waals surface area contributed by atoms with E-state index in [4.69, 9.17) is 16.7 Å². The van der Waals surface area contributed by atoms with E-state index in [9.17, 15) is 4.79 Å². The molecular formula is C21H29ClN4O2. The summed E-state index contributed by atoms with van der Waals surface area (Å²) < 4.78 is 0. The maximum absolute atomic E-state index is 12.5. The van der Waals surface area contributed by atoms with Crippen molar-refractivity contribution in [2.75, 3.05) is 52.4 Å². The fourth-order valence-corrected chi connectivity index (χ4v) is 4.69. The van der Waals surface area contributed by atoms with Crippen LogP contribution in [-0.4, -0.2) is 83.3 Å². The van der Waals surface area contributed by atoms with E-state index in [0.29, 0.717) is 17.6 Å². The Balaban J connectivity index is 1.32. The Morgan fingerprint density at radius 1 is 1.04 bits per heavy atom. The van der Waals surface area contributed by atoms with Crippen molar-refractivity contribution in [1.82, 2.24) is 19.7 Å². The molecule has 28 heavy (non-hydrogen) atoms. The number of hydrogen-bond acceptors (Lipinski definition) is 5. The van der Waals surface area contributed by atoms with Crippen LogP contribution in [0.15, 0.2) is 29.1 Å². The van der Waals surface area contributed by atoms with E-state index < -0.39 is 0 Å². The number of aromatic nitrogens is 1. The lowest BCUT2D eigenvalue weighted by Crippen LogP contribution is -2.53. The lowest BCUT2D eigenvalue weighted by molar-refractivity contribution is 0.0516. The number of likely N-dealkylation sites (tertiary alicyclic amines) is 1. The van der Waals surface area contributed by atoms with Gasteiger partial charge >= 0.3 is 0 Å². The molecule has 2 N–H and O–H groups in total. The molecule has 4 rings (SSSR count). The monoisotopic (exact) mass is 404 g/mol. The zero-order valence-electron chi connectivity index (χ0n) is 16.2. The number of benzene rings is 1. The van der Waals surface area contributed by atoms with Gasteiger partial charge in [0, 0.05) is 61.4 Å². The summed E-state index contributed by atoms with van der Waals surface area (Å²) in [6.45, 7) is 8.09. The van der Waals surface area contributed by atoms with Gasteiger partial charge < -0.3 is 10.1 Å². The molecule has 0 unspecified atom stereocenters. The van der Waals surface area contributed by atoms with E-state index in [1.165, 1.54) is 0 Å². The number of hydrogen-bond donors (Lipinski definition) is 2. The molecular weight excluding hydrogens is 376 g/mol. The first-order valence-electron chi connectivity index (χ1n) is 10.2. The van der Waals surface area contributed by atoms with Crippen molar-refractivity contribution in [3.63, 3.8) is 0 Å². The standard InChI is InChI=1S/C21H29ClN4O2/c22-18-2-1-16-13-17(21(28)23-20(16)14-18)15-25-5-3-19(4-6-25)26-9-7-24(8-10-26)11-12-27/h1-2,13-14,19,27H,3-12,15H2,(H,23,28). The van der Waals surface area contributed by atoms with Gasteiger partial charge in [-0.1, -0.05) is 17.7 Å². The Hall–Kier alpha value is -1.44. The molecule has 0 atom stereocenters. The van der Waals surface area contributed by atoms with E-state index in [2.05, 4.69) is 19.7 Å². The van der Waals surface area contributed by atoms with Crippen molar-refractivity contribution in [2.24, 2.45) is 0 Å². The number of piperazine rings is 1. The van der Waals surface area contributed by atoms with Crippen LogP contribution in [0, 0.1) is 0 Å². The average molecular weight is 405 g/mol.